The van der Waals surface area contributed by atoms with E-state index in [1.54, 1.807) is 0 Å². The van der Waals surface area contributed by atoms with Gasteiger partial charge in [-0.3, -0.25) is 9.78 Å². The summed E-state index contributed by atoms with van der Waals surface area (Å²) in [6.07, 6.45) is 5.34. The third-order valence-corrected chi connectivity index (χ3v) is 7.18. The minimum atomic E-state index is -1.04. The molecule has 0 saturated carbocycles. The first-order valence-corrected chi connectivity index (χ1v) is 11.9. The normalized spacial score (nSPS) is 21.9. The number of fused-ring (bicyclic) bond motifs is 5. The second kappa shape index (κ2) is 8.76. The minimum Gasteiger partial charge on any atom is -0.364 e. The molecule has 2 aliphatic heterocycles. The predicted molar refractivity (Wildman–Crippen MR) is 130 cm³/mol. The van der Waals surface area contributed by atoms with Crippen molar-refractivity contribution in [2.24, 2.45) is 0 Å². The van der Waals surface area contributed by atoms with Gasteiger partial charge in [-0.1, -0.05) is 60.5 Å². The van der Waals surface area contributed by atoms with E-state index in [0.29, 0.717) is 0 Å². The number of piperidine rings is 1. The summed E-state index contributed by atoms with van der Waals surface area (Å²) in [5, 5.41) is 3.03. The number of carbonyl (C=O) groups is 1. The Hall–Kier alpha value is -2.56. The molecule has 0 aliphatic carbocycles. The fraction of sp³-hybridized carbons (Fsp3) is 0.308. The Morgan fingerprint density at radius 3 is 2.53 bits per heavy atom. The molecule has 1 saturated heterocycles. The number of benzene rings is 2. The van der Waals surface area contributed by atoms with Crippen LogP contribution in [0, 0.1) is 0 Å². The highest BCUT2D eigenvalue weighted by molar-refractivity contribution is 6.53. The van der Waals surface area contributed by atoms with Crippen LogP contribution in [0.25, 0.3) is 11.1 Å². The van der Waals surface area contributed by atoms with Crippen molar-refractivity contribution in [1.29, 1.82) is 0 Å². The van der Waals surface area contributed by atoms with Gasteiger partial charge in [-0.2, -0.15) is 0 Å². The number of anilines is 1. The fourth-order valence-corrected chi connectivity index (χ4v) is 5.33. The van der Waals surface area contributed by atoms with Crippen molar-refractivity contribution in [3.8, 4) is 11.1 Å². The predicted octanol–water partition coefficient (Wildman–Crippen LogP) is 5.84. The van der Waals surface area contributed by atoms with Crippen LogP contribution in [0.5, 0.6) is 0 Å². The van der Waals surface area contributed by atoms with Gasteiger partial charge in [0.05, 0.1) is 6.04 Å². The lowest BCUT2D eigenvalue weighted by molar-refractivity contribution is -0.120. The fourth-order valence-electron chi connectivity index (χ4n) is 5.21. The van der Waals surface area contributed by atoms with Crippen molar-refractivity contribution in [2.45, 2.75) is 42.6 Å². The molecule has 4 nitrogen and oxygen atoms in total. The number of nitrogens with zero attached hydrogens (tertiary/aromatic N) is 2. The van der Waals surface area contributed by atoms with Gasteiger partial charge in [-0.15, -0.1) is 0 Å². The molecule has 0 radical (unpaired) electrons. The Morgan fingerprint density at radius 2 is 1.78 bits per heavy atom. The molecule has 3 aromatic rings. The molecule has 0 unspecified atom stereocenters. The van der Waals surface area contributed by atoms with Gasteiger partial charge in [-0.05, 0) is 64.9 Å². The molecule has 3 atom stereocenters. The molecule has 32 heavy (non-hydrogen) atoms. The lowest BCUT2D eigenvalue weighted by atomic mass is 9.85. The van der Waals surface area contributed by atoms with Crippen molar-refractivity contribution in [1.82, 2.24) is 10.3 Å². The number of halogens is 2. The average Bonchev–Trinajstić information content (AvgIpc) is 2.93. The third kappa shape index (κ3) is 3.87. The molecule has 1 N–H and O–H groups in total. The van der Waals surface area contributed by atoms with E-state index >= 15 is 0 Å². The number of carbonyl (C=O) groups excluding carboxylic acids is 1. The van der Waals surface area contributed by atoms with Crippen LogP contribution in [0.15, 0.2) is 67.0 Å². The van der Waals surface area contributed by atoms with Gasteiger partial charge in [0.2, 0.25) is 0 Å². The van der Waals surface area contributed by atoms with E-state index in [1.165, 1.54) is 33.5 Å². The first-order chi connectivity index (χ1) is 15.5. The SMILES string of the molecule is C[C@@H]1c2ccccc2[C@H]2C[C@H](NC(=O)C(Cl)Cl)CCN2c2ccc(-c3ccncc3)cc21. The maximum atomic E-state index is 12.1. The van der Waals surface area contributed by atoms with E-state index < -0.39 is 4.84 Å². The molecule has 0 bridgehead atoms. The Kier molecular flexibility index (Phi) is 5.83. The zero-order chi connectivity index (χ0) is 22.2. The second-order valence-electron chi connectivity index (χ2n) is 8.60. The molecular formula is C26H25Cl2N3O. The van der Waals surface area contributed by atoms with Gasteiger partial charge in [-0.25, -0.2) is 0 Å². The Labute approximate surface area is 198 Å². The van der Waals surface area contributed by atoms with Crippen LogP contribution >= 0.6 is 23.2 Å². The summed E-state index contributed by atoms with van der Waals surface area (Å²) in [6, 6.07) is 19.8. The van der Waals surface area contributed by atoms with Crippen molar-refractivity contribution in [2.75, 3.05) is 11.4 Å². The molecule has 1 aromatic heterocycles. The Morgan fingerprint density at radius 1 is 1.03 bits per heavy atom. The minimum absolute atomic E-state index is 0.0461. The number of nitrogens with one attached hydrogen (secondary N) is 1. The summed E-state index contributed by atoms with van der Waals surface area (Å²) >= 11 is 11.6. The van der Waals surface area contributed by atoms with E-state index in [1.807, 2.05) is 12.4 Å². The Balaban J connectivity index is 1.57. The van der Waals surface area contributed by atoms with Gasteiger partial charge in [0.1, 0.15) is 0 Å². The topological polar surface area (TPSA) is 45.2 Å². The van der Waals surface area contributed by atoms with E-state index in [9.17, 15) is 4.79 Å². The highest BCUT2D eigenvalue weighted by Crippen LogP contribution is 2.47. The smallest absolute Gasteiger partial charge is 0.253 e. The van der Waals surface area contributed by atoms with Crippen LogP contribution in [0.2, 0.25) is 0 Å². The number of aromatic nitrogens is 1. The summed E-state index contributed by atoms with van der Waals surface area (Å²) in [5.74, 6) is -0.0545. The third-order valence-electron chi connectivity index (χ3n) is 6.79. The first-order valence-electron chi connectivity index (χ1n) is 11.0. The lowest BCUT2D eigenvalue weighted by Gasteiger charge is -2.41. The first kappa shape index (κ1) is 21.3. The molecule has 5 rings (SSSR count). The van der Waals surface area contributed by atoms with E-state index in [-0.39, 0.29) is 23.9 Å². The molecular weight excluding hydrogens is 441 g/mol. The number of alkyl halides is 2. The summed E-state index contributed by atoms with van der Waals surface area (Å²) in [6.45, 7) is 3.14. The van der Waals surface area contributed by atoms with Crippen molar-refractivity contribution >= 4 is 34.8 Å². The molecule has 0 spiro atoms. The lowest BCUT2D eigenvalue weighted by Crippen LogP contribution is -2.47. The number of rotatable bonds is 3. The standard InChI is InChI=1S/C26H25Cl2N3O/c1-16-20-4-2-3-5-21(20)24-15-19(30-26(32)25(27)28)10-13-31(24)23-7-6-18(14-22(16)23)17-8-11-29-12-9-17/h2-9,11-12,14,16,19,24-25H,10,13,15H2,1H3,(H,30,32)/t16-,19-,24-/m1/s1. The number of pyridine rings is 1. The van der Waals surface area contributed by atoms with Crippen LogP contribution in [0.4, 0.5) is 5.69 Å². The number of hydrogen-bond donors (Lipinski definition) is 1. The number of hydrogen-bond acceptors (Lipinski definition) is 3. The van der Waals surface area contributed by atoms with Crippen LogP contribution in [0.3, 0.4) is 0 Å². The molecule has 6 heteroatoms. The molecule has 3 heterocycles. The second-order valence-corrected chi connectivity index (χ2v) is 9.70. The van der Waals surface area contributed by atoms with Crippen molar-refractivity contribution in [3.63, 3.8) is 0 Å². The summed E-state index contributed by atoms with van der Waals surface area (Å²) in [7, 11) is 0. The molecule has 1 fully saturated rings. The molecule has 2 aliphatic rings. The zero-order valence-electron chi connectivity index (χ0n) is 17.8. The highest BCUT2D eigenvalue weighted by atomic mass is 35.5. The van der Waals surface area contributed by atoms with E-state index in [2.05, 4.69) is 76.7 Å². The quantitative estimate of drug-likeness (QED) is 0.493. The van der Waals surface area contributed by atoms with E-state index in [0.717, 1.165) is 19.4 Å². The van der Waals surface area contributed by atoms with Crippen LogP contribution in [-0.4, -0.2) is 28.3 Å². The summed E-state index contributed by atoms with van der Waals surface area (Å²) < 4.78 is 0. The van der Waals surface area contributed by atoms with Crippen molar-refractivity contribution < 1.29 is 4.79 Å². The van der Waals surface area contributed by atoms with Gasteiger partial charge < -0.3 is 10.2 Å². The van der Waals surface area contributed by atoms with Crippen LogP contribution in [0.1, 0.15) is 48.4 Å². The van der Waals surface area contributed by atoms with Crippen LogP contribution in [-0.2, 0) is 4.79 Å². The van der Waals surface area contributed by atoms with E-state index in [4.69, 9.17) is 23.2 Å². The zero-order valence-corrected chi connectivity index (χ0v) is 19.4. The molecule has 1 amide bonds. The van der Waals surface area contributed by atoms with Gasteiger partial charge >= 0.3 is 0 Å². The molecule has 2 aromatic carbocycles. The highest BCUT2D eigenvalue weighted by Gasteiger charge is 2.37. The maximum absolute atomic E-state index is 12.1. The van der Waals surface area contributed by atoms with Crippen LogP contribution < -0.4 is 10.2 Å². The molecule has 164 valence electrons. The van der Waals surface area contributed by atoms with Gasteiger partial charge in [0.15, 0.2) is 4.84 Å². The summed E-state index contributed by atoms with van der Waals surface area (Å²) in [4.78, 5) is 17.7. The van der Waals surface area contributed by atoms with Crippen molar-refractivity contribution in [3.05, 3.63) is 83.7 Å². The largest absolute Gasteiger partial charge is 0.364 e. The maximum Gasteiger partial charge on any atom is 0.253 e. The average molecular weight is 466 g/mol. The Bertz CT molecular complexity index is 1130. The number of amides is 1. The van der Waals surface area contributed by atoms with Gasteiger partial charge in [0.25, 0.3) is 5.91 Å². The monoisotopic (exact) mass is 465 g/mol. The summed E-state index contributed by atoms with van der Waals surface area (Å²) in [5.41, 5.74) is 7.64. The van der Waals surface area contributed by atoms with Gasteiger partial charge in [0, 0.05) is 36.6 Å².